The third-order valence-electron chi connectivity index (χ3n) is 3.32. The molecule has 0 radical (unpaired) electrons. The monoisotopic (exact) mass is 273 g/mol. The highest BCUT2D eigenvalue weighted by atomic mass is 16.6. The van der Waals surface area contributed by atoms with Gasteiger partial charge >= 0.3 is 0 Å². The first kappa shape index (κ1) is 14.4. The van der Waals surface area contributed by atoms with Crippen molar-refractivity contribution in [3.63, 3.8) is 0 Å². The molecule has 4 heteroatoms. The van der Waals surface area contributed by atoms with Gasteiger partial charge in [0.25, 0.3) is 0 Å². The molecule has 0 atom stereocenters. The summed E-state index contributed by atoms with van der Waals surface area (Å²) in [5, 5.41) is 4.05. The molecule has 4 nitrogen and oxygen atoms in total. The predicted molar refractivity (Wildman–Crippen MR) is 77.1 cm³/mol. The van der Waals surface area contributed by atoms with Crippen molar-refractivity contribution in [2.45, 2.75) is 27.7 Å². The summed E-state index contributed by atoms with van der Waals surface area (Å²) in [6, 6.07) is 6.92. The lowest BCUT2D eigenvalue weighted by Crippen LogP contribution is -2.35. The third kappa shape index (κ3) is 2.38. The lowest BCUT2D eigenvalue weighted by Gasteiger charge is -2.23. The van der Waals surface area contributed by atoms with Gasteiger partial charge in [-0.3, -0.25) is 9.59 Å². The number of carbonyl (C=O) groups is 2. The summed E-state index contributed by atoms with van der Waals surface area (Å²) >= 11 is 0. The molecule has 0 heterocycles. The van der Waals surface area contributed by atoms with Gasteiger partial charge in [-0.2, -0.15) is 0 Å². The first-order chi connectivity index (χ1) is 9.38. The summed E-state index contributed by atoms with van der Waals surface area (Å²) in [6.07, 6.45) is 0. The van der Waals surface area contributed by atoms with Crippen molar-refractivity contribution < 1.29 is 14.4 Å². The van der Waals surface area contributed by atoms with Crippen molar-refractivity contribution >= 4 is 17.3 Å². The zero-order chi connectivity index (χ0) is 14.9. The Bertz CT molecular complexity index is 547. The SMILES string of the molecule is CCO/N=C(/C1C(=O)c2ccccc2C1=O)C(C)(C)C. The van der Waals surface area contributed by atoms with Gasteiger partial charge in [0.1, 0.15) is 12.5 Å². The fraction of sp³-hybridized carbons (Fsp3) is 0.438. The van der Waals surface area contributed by atoms with E-state index in [2.05, 4.69) is 5.16 Å². The van der Waals surface area contributed by atoms with Gasteiger partial charge < -0.3 is 4.84 Å². The molecule has 0 spiro atoms. The maximum absolute atomic E-state index is 12.5. The number of nitrogens with zero attached hydrogens (tertiary/aromatic N) is 1. The topological polar surface area (TPSA) is 55.7 Å². The molecule has 106 valence electrons. The Labute approximate surface area is 118 Å². The number of benzene rings is 1. The number of Topliss-reactive ketones (excluding diaryl/α,β-unsaturated/α-hetero) is 2. The second-order valence-corrected chi connectivity index (χ2v) is 5.85. The van der Waals surface area contributed by atoms with Gasteiger partial charge in [0.05, 0.1) is 5.71 Å². The lowest BCUT2D eigenvalue weighted by molar-refractivity contribution is 0.0867. The van der Waals surface area contributed by atoms with Crippen molar-refractivity contribution in [3.8, 4) is 0 Å². The largest absolute Gasteiger partial charge is 0.396 e. The van der Waals surface area contributed by atoms with Gasteiger partial charge in [0.2, 0.25) is 0 Å². The number of hydrogen-bond acceptors (Lipinski definition) is 4. The van der Waals surface area contributed by atoms with Gasteiger partial charge in [-0.15, -0.1) is 0 Å². The molecule has 0 saturated carbocycles. The van der Waals surface area contributed by atoms with E-state index in [9.17, 15) is 9.59 Å². The Kier molecular flexibility index (Phi) is 3.75. The van der Waals surface area contributed by atoms with Crippen LogP contribution in [0.25, 0.3) is 0 Å². The fourth-order valence-electron chi connectivity index (χ4n) is 2.35. The zero-order valence-corrected chi connectivity index (χ0v) is 12.3. The number of fused-ring (bicyclic) bond motifs is 1. The maximum atomic E-state index is 12.5. The minimum absolute atomic E-state index is 0.182. The molecule has 0 N–H and O–H groups in total. The van der Waals surface area contributed by atoms with E-state index >= 15 is 0 Å². The van der Waals surface area contributed by atoms with Gasteiger partial charge in [-0.05, 0) is 6.92 Å². The summed E-state index contributed by atoms with van der Waals surface area (Å²) in [5.74, 6) is -1.21. The van der Waals surface area contributed by atoms with Crippen LogP contribution in [0.3, 0.4) is 0 Å². The molecule has 0 aromatic heterocycles. The first-order valence-electron chi connectivity index (χ1n) is 6.75. The molecule has 2 rings (SSSR count). The number of rotatable bonds is 3. The molecule has 0 saturated heterocycles. The highest BCUT2D eigenvalue weighted by Gasteiger charge is 2.45. The molecular formula is C16H19NO3. The van der Waals surface area contributed by atoms with E-state index in [1.807, 2.05) is 27.7 Å². The molecule has 0 aliphatic heterocycles. The maximum Gasteiger partial charge on any atom is 0.180 e. The normalized spacial score (nSPS) is 16.5. The second kappa shape index (κ2) is 5.19. The molecule has 0 bridgehead atoms. The van der Waals surface area contributed by atoms with Gasteiger partial charge in [0.15, 0.2) is 11.6 Å². The molecule has 1 aliphatic rings. The van der Waals surface area contributed by atoms with E-state index in [1.54, 1.807) is 24.3 Å². The smallest absolute Gasteiger partial charge is 0.180 e. The van der Waals surface area contributed by atoms with E-state index in [4.69, 9.17) is 4.84 Å². The van der Waals surface area contributed by atoms with Gasteiger partial charge in [-0.25, -0.2) is 0 Å². The minimum atomic E-state index is -0.848. The van der Waals surface area contributed by atoms with Crippen LogP contribution in [0.1, 0.15) is 48.4 Å². The van der Waals surface area contributed by atoms with Crippen molar-refractivity contribution in [1.82, 2.24) is 0 Å². The van der Waals surface area contributed by atoms with Crippen molar-refractivity contribution in [2.24, 2.45) is 16.5 Å². The Hall–Kier alpha value is -1.97. The van der Waals surface area contributed by atoms with Crippen LogP contribution in [-0.2, 0) is 4.84 Å². The van der Waals surface area contributed by atoms with Crippen molar-refractivity contribution in [3.05, 3.63) is 35.4 Å². The summed E-state index contributed by atoms with van der Waals surface area (Å²) in [5.41, 5.74) is 1.05. The Balaban J connectivity index is 2.48. The van der Waals surface area contributed by atoms with Gasteiger partial charge in [0, 0.05) is 16.5 Å². The zero-order valence-electron chi connectivity index (χ0n) is 12.3. The van der Waals surface area contributed by atoms with Crippen LogP contribution in [0.5, 0.6) is 0 Å². The van der Waals surface area contributed by atoms with Crippen LogP contribution in [0.2, 0.25) is 0 Å². The van der Waals surface area contributed by atoms with Crippen molar-refractivity contribution in [1.29, 1.82) is 0 Å². The summed E-state index contributed by atoms with van der Waals surface area (Å²) in [6.45, 7) is 8.00. The Morgan fingerprint density at radius 3 is 2.05 bits per heavy atom. The van der Waals surface area contributed by atoms with E-state index in [0.717, 1.165) is 0 Å². The Morgan fingerprint density at radius 1 is 1.15 bits per heavy atom. The number of carbonyl (C=O) groups excluding carboxylic acids is 2. The summed E-state index contributed by atoms with van der Waals surface area (Å²) in [4.78, 5) is 30.1. The van der Waals surface area contributed by atoms with Crippen LogP contribution < -0.4 is 0 Å². The van der Waals surface area contributed by atoms with Crippen LogP contribution in [0.15, 0.2) is 29.4 Å². The molecule has 20 heavy (non-hydrogen) atoms. The quantitative estimate of drug-likeness (QED) is 0.483. The highest BCUT2D eigenvalue weighted by Crippen LogP contribution is 2.33. The Morgan fingerprint density at radius 2 is 1.65 bits per heavy atom. The molecule has 0 fully saturated rings. The molecule has 0 amide bonds. The van der Waals surface area contributed by atoms with E-state index in [0.29, 0.717) is 23.4 Å². The number of ketones is 2. The van der Waals surface area contributed by atoms with Crippen molar-refractivity contribution in [2.75, 3.05) is 6.61 Å². The average Bonchev–Trinajstić information content (AvgIpc) is 2.63. The predicted octanol–water partition coefficient (Wildman–Crippen LogP) is 3.12. The lowest BCUT2D eigenvalue weighted by atomic mass is 9.80. The van der Waals surface area contributed by atoms with E-state index in [1.165, 1.54) is 0 Å². The van der Waals surface area contributed by atoms with Crippen LogP contribution in [-0.4, -0.2) is 23.9 Å². The van der Waals surface area contributed by atoms with E-state index in [-0.39, 0.29) is 11.6 Å². The molecule has 1 aliphatic carbocycles. The van der Waals surface area contributed by atoms with Crippen LogP contribution >= 0.6 is 0 Å². The number of hydrogen-bond donors (Lipinski definition) is 0. The molecular weight excluding hydrogens is 254 g/mol. The number of oxime groups is 1. The standard InChI is InChI=1S/C16H19NO3/c1-5-20-17-15(16(2,3)4)12-13(18)10-8-6-7-9-11(10)14(12)19/h6-9,12H,5H2,1-4H3/b17-15-. The third-order valence-corrected chi connectivity index (χ3v) is 3.32. The first-order valence-corrected chi connectivity index (χ1v) is 6.75. The molecule has 0 unspecified atom stereocenters. The second-order valence-electron chi connectivity index (χ2n) is 5.85. The van der Waals surface area contributed by atoms with Crippen LogP contribution in [0.4, 0.5) is 0 Å². The molecule has 1 aromatic rings. The minimum Gasteiger partial charge on any atom is -0.396 e. The highest BCUT2D eigenvalue weighted by molar-refractivity contribution is 6.36. The van der Waals surface area contributed by atoms with Crippen LogP contribution in [0, 0.1) is 11.3 Å². The summed E-state index contributed by atoms with van der Waals surface area (Å²) in [7, 11) is 0. The van der Waals surface area contributed by atoms with E-state index < -0.39 is 11.3 Å². The summed E-state index contributed by atoms with van der Waals surface area (Å²) < 4.78 is 0. The fourth-order valence-corrected chi connectivity index (χ4v) is 2.35. The average molecular weight is 273 g/mol. The molecule has 1 aromatic carbocycles. The van der Waals surface area contributed by atoms with Gasteiger partial charge in [-0.1, -0.05) is 50.2 Å².